The first-order chi connectivity index (χ1) is 35.1. The van der Waals surface area contributed by atoms with Crippen LogP contribution in [0.3, 0.4) is 0 Å². The Labute approximate surface area is 413 Å². The summed E-state index contributed by atoms with van der Waals surface area (Å²) >= 11 is 0. The Kier molecular flexibility index (Phi) is 11.9. The Morgan fingerprint density at radius 1 is 0.310 bits per heavy atom. The minimum Gasteiger partial charge on any atom is -0.436 e. The van der Waals surface area contributed by atoms with Gasteiger partial charge in [-0.25, -0.2) is 9.97 Å². The lowest BCUT2D eigenvalue weighted by molar-refractivity contribution is 0.653. The zero-order valence-corrected chi connectivity index (χ0v) is 39.1. The molecule has 0 saturated heterocycles. The first kappa shape index (κ1) is 43.2. The largest absolute Gasteiger partial charge is 0.436 e. The number of hydrogen-bond acceptors (Lipinski definition) is 5. The van der Waals surface area contributed by atoms with Gasteiger partial charge in [0.05, 0.1) is 23.3 Å². The molecule has 0 unspecified atom stereocenters. The van der Waals surface area contributed by atoms with Crippen molar-refractivity contribution < 1.29 is 4.42 Å². The van der Waals surface area contributed by atoms with E-state index in [2.05, 4.69) is 186 Å². The van der Waals surface area contributed by atoms with E-state index >= 15 is 0 Å². The summed E-state index contributed by atoms with van der Waals surface area (Å²) in [6.45, 7) is 0. The lowest BCUT2D eigenvalue weighted by Crippen LogP contribution is -1.98. The molecule has 8 aromatic carbocycles. The number of furan rings is 1. The second-order valence-corrected chi connectivity index (χ2v) is 18.1. The molecule has 4 heterocycles. The third-order valence-corrected chi connectivity index (χ3v) is 13.5. The van der Waals surface area contributed by atoms with E-state index in [1.54, 1.807) is 0 Å². The van der Waals surface area contributed by atoms with Gasteiger partial charge in [-0.2, -0.15) is 0 Å². The van der Waals surface area contributed by atoms with Crippen molar-refractivity contribution in [3.05, 3.63) is 265 Å². The van der Waals surface area contributed by atoms with Crippen LogP contribution in [0.15, 0.2) is 247 Å². The summed E-state index contributed by atoms with van der Waals surface area (Å²) in [6.07, 6.45) is 9.20. The van der Waals surface area contributed by atoms with Crippen LogP contribution in [0, 0.1) is 0 Å². The molecule has 0 radical (unpaired) electrons. The summed E-state index contributed by atoms with van der Waals surface area (Å²) in [7, 11) is 0. The second-order valence-electron chi connectivity index (χ2n) is 18.1. The monoisotopic (exact) mass is 912 g/mol. The molecule has 0 amide bonds. The van der Waals surface area contributed by atoms with E-state index < -0.39 is 0 Å². The molecule has 338 valence electrons. The maximum atomic E-state index is 6.07. The number of pyridine rings is 2. The summed E-state index contributed by atoms with van der Waals surface area (Å²) in [4.78, 5) is 19.1. The molecule has 12 aromatic rings. The summed E-state index contributed by atoms with van der Waals surface area (Å²) in [5, 5.41) is 0.956. The van der Waals surface area contributed by atoms with Gasteiger partial charge < -0.3 is 4.42 Å². The van der Waals surface area contributed by atoms with Gasteiger partial charge in [0.2, 0.25) is 5.71 Å². The van der Waals surface area contributed by atoms with E-state index in [-0.39, 0.29) is 0 Å². The van der Waals surface area contributed by atoms with Crippen molar-refractivity contribution in [2.45, 2.75) is 25.7 Å². The average Bonchev–Trinajstić information content (AvgIpc) is 3.83. The lowest BCUT2D eigenvalue weighted by Gasteiger charge is -2.18. The SMILES string of the molecule is c1ccc(-c2ccc(-c3cc(-c4cnc5oc6ccccc6c5n4)ccc3-c3ccccc3-c3cc(CCc4ccc(-c5ccccn5)cc4)cc(CCc4ccc(-c5ccccn5)cc4)c3)cc2)cc1. The van der Waals surface area contributed by atoms with Crippen molar-refractivity contribution in [3.8, 4) is 78.3 Å². The van der Waals surface area contributed by atoms with Gasteiger partial charge in [0.15, 0.2) is 0 Å². The Morgan fingerprint density at radius 3 is 1.48 bits per heavy atom. The molecule has 0 aliphatic rings. The zero-order chi connectivity index (χ0) is 47.3. The van der Waals surface area contributed by atoms with E-state index in [4.69, 9.17) is 14.4 Å². The van der Waals surface area contributed by atoms with E-state index in [0.29, 0.717) is 5.71 Å². The Morgan fingerprint density at radius 2 is 0.831 bits per heavy atom. The van der Waals surface area contributed by atoms with Crippen LogP contribution in [0.1, 0.15) is 22.3 Å². The quantitative estimate of drug-likeness (QED) is 0.115. The molecule has 0 atom stereocenters. The number of hydrogen-bond donors (Lipinski definition) is 0. The Hall–Kier alpha value is -9.06. The maximum Gasteiger partial charge on any atom is 0.246 e. The standard InChI is InChI=1S/C66H48N4O/c1-2-12-49(13-3-1)50-32-34-51(35-33-50)60-43-54(63-44-69-66-65(70-63)59-16-6-7-19-64(59)71-66)36-37-58(60)57-15-5-4-14-56(57)55-41-47(22-20-45-24-28-52(29-25-45)61-17-8-10-38-67-61)40-48(42-55)23-21-46-26-30-53(31-27-46)62-18-9-11-39-68-62/h1-19,24-44H,20-23H2. The summed E-state index contributed by atoms with van der Waals surface area (Å²) in [5.74, 6) is 0. The molecule has 5 heteroatoms. The molecule has 12 rings (SSSR count). The van der Waals surface area contributed by atoms with Crippen molar-refractivity contribution in [2.24, 2.45) is 0 Å². The number of fused-ring (bicyclic) bond motifs is 3. The molecule has 0 aliphatic heterocycles. The lowest BCUT2D eigenvalue weighted by atomic mass is 9.86. The van der Waals surface area contributed by atoms with Crippen LogP contribution in [-0.2, 0) is 25.7 Å². The van der Waals surface area contributed by atoms with Crippen molar-refractivity contribution in [1.82, 2.24) is 19.9 Å². The van der Waals surface area contributed by atoms with Gasteiger partial charge in [-0.1, -0.05) is 182 Å². The first-order valence-electron chi connectivity index (χ1n) is 24.3. The van der Waals surface area contributed by atoms with Gasteiger partial charge in [0.25, 0.3) is 0 Å². The van der Waals surface area contributed by atoms with Crippen LogP contribution in [0.25, 0.3) is 100 Å². The molecule has 0 N–H and O–H groups in total. The molecule has 0 saturated carbocycles. The third-order valence-electron chi connectivity index (χ3n) is 13.5. The van der Waals surface area contributed by atoms with Crippen molar-refractivity contribution in [1.29, 1.82) is 0 Å². The fourth-order valence-corrected chi connectivity index (χ4v) is 9.78. The number of rotatable bonds is 13. The van der Waals surface area contributed by atoms with Gasteiger partial charge >= 0.3 is 0 Å². The van der Waals surface area contributed by atoms with Gasteiger partial charge in [0, 0.05) is 34.5 Å². The van der Waals surface area contributed by atoms with Crippen molar-refractivity contribution in [3.63, 3.8) is 0 Å². The topological polar surface area (TPSA) is 64.7 Å². The summed E-state index contributed by atoms with van der Waals surface area (Å²) in [5.41, 5.74) is 22.7. The van der Waals surface area contributed by atoms with Gasteiger partial charge in [-0.3, -0.25) is 9.97 Å². The maximum absolute atomic E-state index is 6.07. The zero-order valence-electron chi connectivity index (χ0n) is 39.1. The average molecular weight is 913 g/mol. The molecule has 0 bridgehead atoms. The molecule has 0 spiro atoms. The predicted molar refractivity (Wildman–Crippen MR) is 291 cm³/mol. The van der Waals surface area contributed by atoms with Crippen molar-refractivity contribution >= 4 is 22.2 Å². The highest BCUT2D eigenvalue weighted by Crippen LogP contribution is 2.42. The van der Waals surface area contributed by atoms with Crippen LogP contribution >= 0.6 is 0 Å². The molecule has 71 heavy (non-hydrogen) atoms. The van der Waals surface area contributed by atoms with Crippen LogP contribution in [0.4, 0.5) is 0 Å². The van der Waals surface area contributed by atoms with Gasteiger partial charge in [-0.05, 0) is 135 Å². The smallest absolute Gasteiger partial charge is 0.246 e. The van der Waals surface area contributed by atoms with Crippen LogP contribution in [0.2, 0.25) is 0 Å². The Bertz CT molecular complexity index is 3670. The normalized spacial score (nSPS) is 11.3. The summed E-state index contributed by atoms with van der Waals surface area (Å²) in [6, 6.07) is 80.2. The van der Waals surface area contributed by atoms with Gasteiger partial charge in [-0.15, -0.1) is 0 Å². The molecular formula is C66H48N4O. The van der Waals surface area contributed by atoms with Crippen LogP contribution in [0.5, 0.6) is 0 Å². The van der Waals surface area contributed by atoms with Crippen LogP contribution in [-0.4, -0.2) is 19.9 Å². The van der Waals surface area contributed by atoms with E-state index in [1.807, 2.05) is 67.1 Å². The minimum atomic E-state index is 0.538. The molecular weight excluding hydrogens is 865 g/mol. The fourth-order valence-electron chi connectivity index (χ4n) is 9.78. The predicted octanol–water partition coefficient (Wildman–Crippen LogP) is 16.4. The van der Waals surface area contributed by atoms with Crippen molar-refractivity contribution in [2.75, 3.05) is 0 Å². The number of nitrogens with zero attached hydrogens (tertiary/aromatic N) is 4. The number of para-hydroxylation sites is 1. The number of aromatic nitrogens is 4. The highest BCUT2D eigenvalue weighted by Gasteiger charge is 2.18. The van der Waals surface area contributed by atoms with E-state index in [1.165, 1.54) is 50.1 Å². The van der Waals surface area contributed by atoms with Gasteiger partial charge in [0.1, 0.15) is 11.1 Å². The highest BCUT2D eigenvalue weighted by molar-refractivity contribution is 6.01. The molecule has 0 fully saturated rings. The van der Waals surface area contributed by atoms with Crippen LogP contribution < -0.4 is 0 Å². The van der Waals surface area contributed by atoms with E-state index in [0.717, 1.165) is 92.6 Å². The molecule has 0 aliphatic carbocycles. The van der Waals surface area contributed by atoms with E-state index in [9.17, 15) is 0 Å². The highest BCUT2D eigenvalue weighted by atomic mass is 16.3. The fraction of sp³-hybridized carbons (Fsp3) is 0.0606. The summed E-state index contributed by atoms with van der Waals surface area (Å²) < 4.78 is 6.07. The minimum absolute atomic E-state index is 0.538. The molecule has 5 nitrogen and oxygen atoms in total. The number of benzene rings is 8. The number of aryl methyl sites for hydroxylation is 4. The molecule has 4 aromatic heterocycles. The Balaban J connectivity index is 0.927. The second kappa shape index (κ2) is 19.5. The third kappa shape index (κ3) is 9.29. The first-order valence-corrected chi connectivity index (χ1v) is 24.3.